The maximum absolute atomic E-state index is 9.47. The summed E-state index contributed by atoms with van der Waals surface area (Å²) in [6, 6.07) is 7.12. The van der Waals surface area contributed by atoms with Crippen LogP contribution in [0.1, 0.15) is 12.5 Å². The van der Waals surface area contributed by atoms with Crippen molar-refractivity contribution in [3.63, 3.8) is 0 Å². The van der Waals surface area contributed by atoms with Gasteiger partial charge in [0.2, 0.25) is 0 Å². The molecule has 1 aromatic rings. The molecule has 0 saturated carbocycles. The van der Waals surface area contributed by atoms with Gasteiger partial charge < -0.3 is 10.0 Å². The first-order valence-corrected chi connectivity index (χ1v) is 7.16. The van der Waals surface area contributed by atoms with Gasteiger partial charge in [0, 0.05) is 29.3 Å². The smallest absolute Gasteiger partial charge is 0.0604 e. The largest absolute Gasteiger partial charge is 0.395 e. The zero-order valence-electron chi connectivity index (χ0n) is 11.2. The number of anilines is 1. The van der Waals surface area contributed by atoms with Gasteiger partial charge in [0.05, 0.1) is 12.6 Å². The number of hydrogen-bond donors (Lipinski definition) is 1. The van der Waals surface area contributed by atoms with Crippen LogP contribution in [0, 0.1) is 6.92 Å². The average molecular weight is 313 g/mol. The van der Waals surface area contributed by atoms with Crippen molar-refractivity contribution in [1.29, 1.82) is 0 Å². The Kier molecular flexibility index (Phi) is 4.30. The van der Waals surface area contributed by atoms with Gasteiger partial charge in [-0.05, 0) is 44.7 Å². The molecule has 2 rings (SSSR count). The summed E-state index contributed by atoms with van der Waals surface area (Å²) in [6.45, 7) is 6.43. The highest BCUT2D eigenvalue weighted by molar-refractivity contribution is 9.10. The minimum absolute atomic E-state index is 0.215. The van der Waals surface area contributed by atoms with Crippen molar-refractivity contribution in [2.45, 2.75) is 25.9 Å². The summed E-state index contributed by atoms with van der Waals surface area (Å²) in [5, 5.41) is 9.47. The minimum atomic E-state index is 0.215. The molecule has 18 heavy (non-hydrogen) atoms. The van der Waals surface area contributed by atoms with Crippen LogP contribution in [0.4, 0.5) is 5.69 Å². The molecule has 0 amide bonds. The zero-order chi connectivity index (χ0) is 13.3. The molecule has 0 aromatic heterocycles. The van der Waals surface area contributed by atoms with Crippen LogP contribution in [-0.2, 0) is 0 Å². The molecule has 4 heteroatoms. The fourth-order valence-electron chi connectivity index (χ4n) is 2.49. The molecule has 0 aliphatic carbocycles. The number of benzene rings is 1. The average Bonchev–Trinajstić information content (AvgIpc) is 2.36. The molecule has 0 spiro atoms. The van der Waals surface area contributed by atoms with E-state index < -0.39 is 0 Å². The van der Waals surface area contributed by atoms with Gasteiger partial charge in [-0.3, -0.25) is 4.90 Å². The van der Waals surface area contributed by atoms with Gasteiger partial charge in [-0.2, -0.15) is 0 Å². The molecule has 100 valence electrons. The Morgan fingerprint density at radius 3 is 2.72 bits per heavy atom. The standard InChI is InChI=1S/C14H21BrN2O/c1-10-6-12(4-5-14(10)15)17-7-11(2)16(3)13(8-17)9-18/h4-6,11,13,18H,7-9H2,1-3H3. The van der Waals surface area contributed by atoms with Crippen molar-refractivity contribution < 1.29 is 5.11 Å². The minimum Gasteiger partial charge on any atom is -0.395 e. The Hall–Kier alpha value is -0.580. The molecule has 1 fully saturated rings. The molecule has 3 nitrogen and oxygen atoms in total. The number of aliphatic hydroxyl groups is 1. The SMILES string of the molecule is Cc1cc(N2CC(C)N(C)C(CO)C2)ccc1Br. The molecule has 0 radical (unpaired) electrons. The third-order valence-electron chi connectivity index (χ3n) is 3.90. The van der Waals surface area contributed by atoms with E-state index in [-0.39, 0.29) is 12.6 Å². The van der Waals surface area contributed by atoms with Gasteiger partial charge in [-0.1, -0.05) is 15.9 Å². The molecule has 1 saturated heterocycles. The number of nitrogens with zero attached hydrogens (tertiary/aromatic N) is 2. The number of hydrogen-bond acceptors (Lipinski definition) is 3. The highest BCUT2D eigenvalue weighted by Gasteiger charge is 2.29. The molecule has 0 bridgehead atoms. The fraction of sp³-hybridized carbons (Fsp3) is 0.571. The van der Waals surface area contributed by atoms with E-state index in [1.807, 2.05) is 0 Å². The van der Waals surface area contributed by atoms with Crippen LogP contribution in [0.25, 0.3) is 0 Å². The molecular weight excluding hydrogens is 292 g/mol. The summed E-state index contributed by atoms with van der Waals surface area (Å²) >= 11 is 3.53. The van der Waals surface area contributed by atoms with Gasteiger partial charge in [-0.25, -0.2) is 0 Å². The van der Waals surface area contributed by atoms with Gasteiger partial charge in [0.1, 0.15) is 0 Å². The Bertz CT molecular complexity index is 424. The van der Waals surface area contributed by atoms with E-state index in [1.165, 1.54) is 11.3 Å². The maximum Gasteiger partial charge on any atom is 0.0604 e. The lowest BCUT2D eigenvalue weighted by Crippen LogP contribution is -2.57. The van der Waals surface area contributed by atoms with Crippen molar-refractivity contribution in [3.05, 3.63) is 28.2 Å². The van der Waals surface area contributed by atoms with Crippen molar-refractivity contribution in [2.75, 3.05) is 31.6 Å². The lowest BCUT2D eigenvalue weighted by atomic mass is 10.1. The third kappa shape index (κ3) is 2.71. The topological polar surface area (TPSA) is 26.7 Å². The Morgan fingerprint density at radius 1 is 1.39 bits per heavy atom. The van der Waals surface area contributed by atoms with E-state index in [4.69, 9.17) is 0 Å². The third-order valence-corrected chi connectivity index (χ3v) is 4.79. The van der Waals surface area contributed by atoms with Crippen LogP contribution in [0.15, 0.2) is 22.7 Å². The summed E-state index contributed by atoms with van der Waals surface area (Å²) in [5.41, 5.74) is 2.49. The highest BCUT2D eigenvalue weighted by atomic mass is 79.9. The Balaban J connectivity index is 2.20. The lowest BCUT2D eigenvalue weighted by Gasteiger charge is -2.44. The van der Waals surface area contributed by atoms with Crippen LogP contribution < -0.4 is 4.90 Å². The van der Waals surface area contributed by atoms with E-state index in [1.54, 1.807) is 0 Å². The number of likely N-dealkylation sites (N-methyl/N-ethyl adjacent to an activating group) is 1. The van der Waals surface area contributed by atoms with Crippen molar-refractivity contribution in [1.82, 2.24) is 4.90 Å². The summed E-state index contributed by atoms with van der Waals surface area (Å²) in [6.07, 6.45) is 0. The lowest BCUT2D eigenvalue weighted by molar-refractivity contribution is 0.0996. The summed E-state index contributed by atoms with van der Waals surface area (Å²) in [4.78, 5) is 4.63. The molecular formula is C14H21BrN2O. The van der Waals surface area contributed by atoms with E-state index in [0.717, 1.165) is 17.6 Å². The molecule has 1 aliphatic rings. The molecule has 1 aromatic carbocycles. The Morgan fingerprint density at radius 2 is 2.11 bits per heavy atom. The van der Waals surface area contributed by atoms with E-state index >= 15 is 0 Å². The maximum atomic E-state index is 9.47. The van der Waals surface area contributed by atoms with Gasteiger partial charge in [0.15, 0.2) is 0 Å². The second-order valence-electron chi connectivity index (χ2n) is 5.19. The summed E-state index contributed by atoms with van der Waals surface area (Å²) in [7, 11) is 2.09. The molecule has 1 N–H and O–H groups in total. The van der Waals surface area contributed by atoms with Crippen LogP contribution >= 0.6 is 15.9 Å². The van der Waals surface area contributed by atoms with E-state index in [9.17, 15) is 5.11 Å². The predicted molar refractivity (Wildman–Crippen MR) is 79.2 cm³/mol. The quantitative estimate of drug-likeness (QED) is 0.907. The van der Waals surface area contributed by atoms with Gasteiger partial charge >= 0.3 is 0 Å². The van der Waals surface area contributed by atoms with Crippen molar-refractivity contribution in [2.24, 2.45) is 0 Å². The van der Waals surface area contributed by atoms with Crippen LogP contribution in [0.5, 0.6) is 0 Å². The second kappa shape index (κ2) is 5.59. The number of rotatable bonds is 2. The molecule has 1 aliphatic heterocycles. The fourth-order valence-corrected chi connectivity index (χ4v) is 2.73. The normalized spacial score (nSPS) is 25.5. The summed E-state index contributed by atoms with van der Waals surface area (Å²) in [5.74, 6) is 0. The number of piperazine rings is 1. The van der Waals surface area contributed by atoms with Crippen LogP contribution in [0.3, 0.4) is 0 Å². The highest BCUT2D eigenvalue weighted by Crippen LogP contribution is 2.26. The number of aryl methyl sites for hydroxylation is 1. The van der Waals surface area contributed by atoms with Crippen molar-refractivity contribution >= 4 is 21.6 Å². The van der Waals surface area contributed by atoms with Gasteiger partial charge in [0.25, 0.3) is 0 Å². The molecule has 1 heterocycles. The Labute approximate surface area is 118 Å². The second-order valence-corrected chi connectivity index (χ2v) is 6.04. The molecule has 2 atom stereocenters. The summed E-state index contributed by atoms with van der Waals surface area (Å²) < 4.78 is 1.15. The first-order chi connectivity index (χ1) is 8.52. The van der Waals surface area contributed by atoms with E-state index in [0.29, 0.717) is 6.04 Å². The molecule has 2 unspecified atom stereocenters. The first-order valence-electron chi connectivity index (χ1n) is 6.37. The number of halogens is 1. The van der Waals surface area contributed by atoms with Crippen LogP contribution in [0.2, 0.25) is 0 Å². The van der Waals surface area contributed by atoms with Crippen LogP contribution in [-0.4, -0.2) is 48.8 Å². The first kappa shape index (κ1) is 13.8. The van der Waals surface area contributed by atoms with Gasteiger partial charge in [-0.15, -0.1) is 0 Å². The zero-order valence-corrected chi connectivity index (χ0v) is 12.8. The van der Waals surface area contributed by atoms with E-state index in [2.05, 4.69) is 64.8 Å². The predicted octanol–water partition coefficient (Wildman–Crippen LogP) is 2.26. The van der Waals surface area contributed by atoms with Crippen molar-refractivity contribution in [3.8, 4) is 0 Å². The monoisotopic (exact) mass is 312 g/mol. The number of aliphatic hydroxyl groups excluding tert-OH is 1.